The molecule has 202 valence electrons. The maximum absolute atomic E-state index is 13.8. The number of nitrogens with one attached hydrogen (secondary N) is 1. The molecule has 7 nitrogen and oxygen atoms in total. The Bertz CT molecular complexity index is 741. The van der Waals surface area contributed by atoms with Crippen molar-refractivity contribution >= 4 is 17.8 Å². The van der Waals surface area contributed by atoms with Gasteiger partial charge < -0.3 is 15.0 Å². The molecule has 1 rings (SSSR count). The van der Waals surface area contributed by atoms with E-state index >= 15 is 0 Å². The molecule has 1 heterocycles. The van der Waals surface area contributed by atoms with Crippen molar-refractivity contribution < 1.29 is 19.1 Å². The van der Waals surface area contributed by atoms with E-state index in [9.17, 15) is 14.4 Å². The smallest absolute Gasteiger partial charge is 0.333 e. The van der Waals surface area contributed by atoms with Gasteiger partial charge in [0.25, 0.3) is 0 Å². The van der Waals surface area contributed by atoms with Gasteiger partial charge in [-0.05, 0) is 57.9 Å². The van der Waals surface area contributed by atoms with Gasteiger partial charge >= 0.3 is 5.97 Å². The number of hydrogen-bond donors (Lipinski definition) is 1. The monoisotopic (exact) mass is 493 g/mol. The number of hydrogen-bond acceptors (Lipinski definition) is 5. The van der Waals surface area contributed by atoms with Crippen LogP contribution in [0.2, 0.25) is 0 Å². The van der Waals surface area contributed by atoms with Crippen LogP contribution in [-0.4, -0.2) is 72.0 Å². The summed E-state index contributed by atoms with van der Waals surface area (Å²) >= 11 is 0. The number of esters is 1. The lowest BCUT2D eigenvalue weighted by Gasteiger charge is -2.41. The molecule has 2 amide bonds. The normalized spacial score (nSPS) is 20.2. The van der Waals surface area contributed by atoms with Crippen LogP contribution in [0.4, 0.5) is 0 Å². The SMILES string of the molecule is CCCC(C)N1CCCC[C@@H]1C(=O)NC(C(=O)N(C)[C@H](/C=C(\C)C(=O)OCC)C(C)C)C(C)(C)C. The second-order valence-corrected chi connectivity index (χ2v) is 11.4. The number of nitrogens with zero attached hydrogens (tertiary/aromatic N) is 2. The van der Waals surface area contributed by atoms with E-state index in [4.69, 9.17) is 4.74 Å². The van der Waals surface area contributed by atoms with E-state index in [-0.39, 0.29) is 35.8 Å². The number of rotatable bonds is 11. The predicted octanol–water partition coefficient (Wildman–Crippen LogP) is 4.55. The van der Waals surface area contributed by atoms with E-state index in [0.717, 1.165) is 38.6 Å². The van der Waals surface area contributed by atoms with Crippen LogP contribution in [0.5, 0.6) is 0 Å². The predicted molar refractivity (Wildman–Crippen MR) is 142 cm³/mol. The molecule has 1 saturated heterocycles. The average molecular weight is 494 g/mol. The van der Waals surface area contributed by atoms with Crippen LogP contribution in [0.25, 0.3) is 0 Å². The minimum absolute atomic E-state index is 0.0614. The first-order valence-electron chi connectivity index (χ1n) is 13.4. The van der Waals surface area contributed by atoms with Crippen molar-refractivity contribution in [2.75, 3.05) is 20.2 Å². The Morgan fingerprint density at radius 3 is 2.29 bits per heavy atom. The second kappa shape index (κ2) is 14.0. The number of ether oxygens (including phenoxy) is 1. The van der Waals surface area contributed by atoms with Gasteiger partial charge in [-0.2, -0.15) is 0 Å². The molecule has 0 aromatic heterocycles. The van der Waals surface area contributed by atoms with Crippen molar-refractivity contribution in [2.24, 2.45) is 11.3 Å². The lowest BCUT2D eigenvalue weighted by atomic mass is 9.84. The summed E-state index contributed by atoms with van der Waals surface area (Å²) < 4.78 is 5.12. The molecule has 0 bridgehead atoms. The molecule has 4 atom stereocenters. The van der Waals surface area contributed by atoms with E-state index in [1.54, 1.807) is 31.9 Å². The summed E-state index contributed by atoms with van der Waals surface area (Å²) in [5.41, 5.74) is 0.000973. The second-order valence-electron chi connectivity index (χ2n) is 11.4. The zero-order valence-corrected chi connectivity index (χ0v) is 23.9. The van der Waals surface area contributed by atoms with Crippen LogP contribution in [-0.2, 0) is 19.1 Å². The summed E-state index contributed by atoms with van der Waals surface area (Å²) in [5, 5.41) is 3.14. The van der Waals surface area contributed by atoms with Crippen LogP contribution in [0.1, 0.15) is 94.4 Å². The maximum atomic E-state index is 13.8. The van der Waals surface area contributed by atoms with Gasteiger partial charge in [-0.1, -0.05) is 60.5 Å². The molecule has 0 aromatic carbocycles. The van der Waals surface area contributed by atoms with Crippen LogP contribution < -0.4 is 5.32 Å². The first-order chi connectivity index (χ1) is 16.3. The first kappa shape index (κ1) is 31.1. The quantitative estimate of drug-likeness (QED) is 0.337. The molecule has 1 aliphatic heterocycles. The third-order valence-electron chi connectivity index (χ3n) is 7.02. The van der Waals surface area contributed by atoms with Gasteiger partial charge in [-0.15, -0.1) is 0 Å². The Labute approximate surface area is 214 Å². The summed E-state index contributed by atoms with van der Waals surface area (Å²) in [5.74, 6) is -0.512. The van der Waals surface area contributed by atoms with Crippen molar-refractivity contribution in [2.45, 2.75) is 119 Å². The first-order valence-corrected chi connectivity index (χ1v) is 13.4. The Kier molecular flexibility index (Phi) is 12.5. The van der Waals surface area contributed by atoms with Crippen LogP contribution in [0.15, 0.2) is 11.6 Å². The lowest BCUT2D eigenvalue weighted by molar-refractivity contribution is -0.142. The summed E-state index contributed by atoms with van der Waals surface area (Å²) in [4.78, 5) is 43.5. The molecule has 2 unspecified atom stereocenters. The van der Waals surface area contributed by atoms with Crippen LogP contribution >= 0.6 is 0 Å². The van der Waals surface area contributed by atoms with E-state index in [1.165, 1.54) is 0 Å². The molecule has 1 N–H and O–H groups in total. The molecule has 7 heteroatoms. The molecular formula is C28H51N3O4. The van der Waals surface area contributed by atoms with Gasteiger partial charge in [0.2, 0.25) is 11.8 Å². The van der Waals surface area contributed by atoms with E-state index < -0.39 is 11.5 Å². The van der Waals surface area contributed by atoms with Crippen LogP contribution in [0.3, 0.4) is 0 Å². The Morgan fingerprint density at radius 2 is 1.77 bits per heavy atom. The minimum Gasteiger partial charge on any atom is -0.463 e. The minimum atomic E-state index is -0.678. The number of carbonyl (C=O) groups excluding carboxylic acids is 3. The molecule has 0 saturated carbocycles. The molecule has 0 radical (unpaired) electrons. The summed E-state index contributed by atoms with van der Waals surface area (Å²) in [6, 6.07) is -0.851. The maximum Gasteiger partial charge on any atom is 0.333 e. The standard InChI is InChI=1S/C28H51N3O4/c1-11-15-21(6)31-17-14-13-16-22(31)25(32)29-24(28(7,8)9)26(33)30(10)23(19(3)4)18-20(5)27(34)35-12-2/h18-19,21-24H,11-17H2,1-10H3,(H,29,32)/b20-18+/t21?,22-,23-,24?/m1/s1. The molecule has 1 aliphatic rings. The number of amides is 2. The zero-order chi connectivity index (χ0) is 26.9. The van der Waals surface area contributed by atoms with Gasteiger partial charge in [0, 0.05) is 18.7 Å². The van der Waals surface area contributed by atoms with E-state index in [0.29, 0.717) is 18.2 Å². The average Bonchev–Trinajstić information content (AvgIpc) is 2.79. The van der Waals surface area contributed by atoms with Crippen LogP contribution in [0, 0.1) is 11.3 Å². The molecule has 0 aromatic rings. The lowest BCUT2D eigenvalue weighted by Crippen LogP contribution is -2.60. The van der Waals surface area contributed by atoms with Crippen molar-refractivity contribution in [1.29, 1.82) is 0 Å². The Balaban J connectivity index is 3.16. The highest BCUT2D eigenvalue weighted by Gasteiger charge is 2.40. The Hall–Kier alpha value is -1.89. The highest BCUT2D eigenvalue weighted by Crippen LogP contribution is 2.26. The number of likely N-dealkylation sites (N-methyl/N-ethyl adjacent to an activating group) is 1. The highest BCUT2D eigenvalue weighted by atomic mass is 16.5. The van der Waals surface area contributed by atoms with Gasteiger partial charge in [-0.25, -0.2) is 4.79 Å². The molecule has 0 spiro atoms. The van der Waals surface area contributed by atoms with Gasteiger partial charge in [-0.3, -0.25) is 14.5 Å². The fourth-order valence-corrected chi connectivity index (χ4v) is 4.90. The molecule has 1 fully saturated rings. The highest BCUT2D eigenvalue weighted by molar-refractivity contribution is 5.91. The fraction of sp³-hybridized carbons (Fsp3) is 0.821. The third kappa shape index (κ3) is 8.93. The third-order valence-corrected chi connectivity index (χ3v) is 7.02. The van der Waals surface area contributed by atoms with E-state index in [1.807, 2.05) is 34.6 Å². The largest absolute Gasteiger partial charge is 0.463 e. The Morgan fingerprint density at radius 1 is 1.14 bits per heavy atom. The number of piperidine rings is 1. The molecule has 0 aliphatic carbocycles. The molecule has 35 heavy (non-hydrogen) atoms. The van der Waals surface area contributed by atoms with Gasteiger partial charge in [0.15, 0.2) is 0 Å². The van der Waals surface area contributed by atoms with Crippen molar-refractivity contribution in [3.63, 3.8) is 0 Å². The van der Waals surface area contributed by atoms with Crippen molar-refractivity contribution in [3.05, 3.63) is 11.6 Å². The van der Waals surface area contributed by atoms with Gasteiger partial charge in [0.05, 0.1) is 18.7 Å². The fourth-order valence-electron chi connectivity index (χ4n) is 4.90. The molecular weight excluding hydrogens is 442 g/mol. The summed E-state index contributed by atoms with van der Waals surface area (Å²) in [6.07, 6.45) is 6.87. The number of carbonyl (C=O) groups is 3. The zero-order valence-electron chi connectivity index (χ0n) is 23.9. The van der Waals surface area contributed by atoms with E-state index in [2.05, 4.69) is 24.1 Å². The topological polar surface area (TPSA) is 79.0 Å². The summed E-state index contributed by atoms with van der Waals surface area (Å²) in [7, 11) is 1.75. The number of likely N-dealkylation sites (tertiary alicyclic amines) is 1. The van der Waals surface area contributed by atoms with Gasteiger partial charge in [0.1, 0.15) is 6.04 Å². The summed E-state index contributed by atoms with van der Waals surface area (Å²) in [6.45, 7) is 19.0. The van der Waals surface area contributed by atoms with Crippen molar-refractivity contribution in [1.82, 2.24) is 15.1 Å². The van der Waals surface area contributed by atoms with Crippen molar-refractivity contribution in [3.8, 4) is 0 Å².